The van der Waals surface area contributed by atoms with Gasteiger partial charge in [-0.2, -0.15) is 4.31 Å². The number of hydrogen-bond donors (Lipinski definition) is 1. The van der Waals surface area contributed by atoms with Crippen LogP contribution in [0.5, 0.6) is 5.75 Å². The standard InChI is InChI=1S/C53H68N4O11S2/c1-33(2)30-55(70(63,64)38-22-23-41(57(61)62)35(28-38)19-24-45(54)58)31-43-42(56(53(11,12)66-43)49(60)68-51(6,7)8)27-34-17-20-37(21-18-34)65-32-36-15-13-14-16-39(36)47-46(48(59)67-50(3,4)5)40-29-52(9,10)26-25-44(40)69-47/h13-24,28,33,42-43H,25-27,29-32H2,1-12H3,(H2,54,58)/b24-19+/t42-,43+/m0/s1. The Morgan fingerprint density at radius 3 is 2.26 bits per heavy atom. The van der Waals surface area contributed by atoms with Crippen LogP contribution in [0.4, 0.5) is 10.5 Å². The van der Waals surface area contributed by atoms with Crippen molar-refractivity contribution in [1.82, 2.24) is 9.21 Å². The normalized spacial score (nSPS) is 18.0. The van der Waals surface area contributed by atoms with E-state index in [4.69, 9.17) is 24.7 Å². The van der Waals surface area contributed by atoms with Gasteiger partial charge in [0.25, 0.3) is 5.69 Å². The number of nitrogens with zero attached hydrogens (tertiary/aromatic N) is 3. The van der Waals surface area contributed by atoms with Crippen LogP contribution in [0.2, 0.25) is 0 Å². The van der Waals surface area contributed by atoms with E-state index in [-0.39, 0.29) is 53.9 Å². The molecule has 0 spiro atoms. The maximum atomic E-state index is 14.6. The third-order valence-electron chi connectivity index (χ3n) is 12.0. The van der Waals surface area contributed by atoms with Crippen LogP contribution in [0, 0.1) is 21.4 Å². The Bertz CT molecular complexity index is 2750. The Morgan fingerprint density at radius 2 is 1.64 bits per heavy atom. The Labute approximate surface area is 416 Å². The highest BCUT2D eigenvalue weighted by atomic mass is 32.2. The van der Waals surface area contributed by atoms with Gasteiger partial charge < -0.3 is 24.7 Å². The number of ether oxygens (including phenoxy) is 4. The predicted molar refractivity (Wildman–Crippen MR) is 271 cm³/mol. The summed E-state index contributed by atoms with van der Waals surface area (Å²) in [6.45, 7) is 22.7. The highest BCUT2D eigenvalue weighted by Gasteiger charge is 2.52. The molecule has 4 aromatic rings. The largest absolute Gasteiger partial charge is 0.489 e. The number of amides is 2. The molecule has 0 radical (unpaired) electrons. The maximum Gasteiger partial charge on any atom is 0.412 e. The molecule has 3 aromatic carbocycles. The van der Waals surface area contributed by atoms with E-state index in [0.29, 0.717) is 11.3 Å². The molecule has 17 heteroatoms. The molecule has 378 valence electrons. The maximum absolute atomic E-state index is 14.6. The molecule has 0 saturated carbocycles. The fourth-order valence-corrected chi connectivity index (χ4v) is 12.0. The van der Waals surface area contributed by atoms with E-state index in [2.05, 4.69) is 13.8 Å². The molecule has 15 nitrogen and oxygen atoms in total. The number of aryl methyl sites for hydroxylation is 1. The number of benzene rings is 3. The number of primary amides is 1. The van der Waals surface area contributed by atoms with Crippen LogP contribution >= 0.6 is 11.3 Å². The molecule has 70 heavy (non-hydrogen) atoms. The van der Waals surface area contributed by atoms with Gasteiger partial charge in [-0.3, -0.25) is 19.8 Å². The topological polar surface area (TPSA) is 198 Å². The van der Waals surface area contributed by atoms with Gasteiger partial charge in [0.05, 0.1) is 33.1 Å². The summed E-state index contributed by atoms with van der Waals surface area (Å²) in [6.07, 6.45) is 3.50. The summed E-state index contributed by atoms with van der Waals surface area (Å²) >= 11 is 1.66. The van der Waals surface area contributed by atoms with Crippen molar-refractivity contribution in [2.24, 2.45) is 17.1 Å². The lowest BCUT2D eigenvalue weighted by Gasteiger charge is -2.35. The van der Waals surface area contributed by atoms with Crippen molar-refractivity contribution in [2.45, 2.75) is 149 Å². The first kappa shape index (κ1) is 53.7. The molecular formula is C53H68N4O11S2. The number of nitro groups is 1. The van der Waals surface area contributed by atoms with Crippen molar-refractivity contribution < 1.29 is 46.7 Å². The van der Waals surface area contributed by atoms with Crippen LogP contribution in [0.15, 0.2) is 77.7 Å². The van der Waals surface area contributed by atoms with Gasteiger partial charge in [-0.25, -0.2) is 18.0 Å². The number of carbonyl (C=O) groups is 3. The molecule has 2 amide bonds. The highest BCUT2D eigenvalue weighted by Crippen LogP contribution is 2.47. The Morgan fingerprint density at radius 1 is 0.986 bits per heavy atom. The number of esters is 1. The summed E-state index contributed by atoms with van der Waals surface area (Å²) in [4.78, 5) is 54.2. The molecule has 2 heterocycles. The number of thiophene rings is 1. The molecule has 1 fully saturated rings. The fourth-order valence-electron chi connectivity index (χ4n) is 8.96. The van der Waals surface area contributed by atoms with Gasteiger partial charge in [-0.1, -0.05) is 64.1 Å². The number of sulfonamides is 1. The number of fused-ring (bicyclic) bond motifs is 1. The first-order chi connectivity index (χ1) is 32.4. The average Bonchev–Trinajstić information content (AvgIpc) is 3.72. The minimum atomic E-state index is -4.36. The van der Waals surface area contributed by atoms with Crippen LogP contribution in [0.3, 0.4) is 0 Å². The minimum absolute atomic E-state index is 0.0513. The smallest absolute Gasteiger partial charge is 0.412 e. The van der Waals surface area contributed by atoms with E-state index in [0.717, 1.165) is 76.7 Å². The van der Waals surface area contributed by atoms with E-state index in [9.17, 15) is 32.9 Å². The van der Waals surface area contributed by atoms with E-state index >= 15 is 0 Å². The quantitative estimate of drug-likeness (QED) is 0.0485. The number of nitrogens with two attached hydrogens (primary N) is 1. The van der Waals surface area contributed by atoms with Gasteiger partial charge in [0.15, 0.2) is 0 Å². The molecular weight excluding hydrogens is 933 g/mol. The minimum Gasteiger partial charge on any atom is -0.489 e. The molecule has 0 bridgehead atoms. The number of carbonyl (C=O) groups excluding carboxylic acids is 3. The van der Waals surface area contributed by atoms with Gasteiger partial charge >= 0.3 is 12.1 Å². The number of rotatable bonds is 16. The number of nitro benzene ring substituents is 1. The van der Waals surface area contributed by atoms with Crippen LogP contribution in [0.25, 0.3) is 16.5 Å². The molecule has 1 aromatic heterocycles. The molecule has 6 rings (SSSR count). The van der Waals surface area contributed by atoms with Crippen LogP contribution in [-0.4, -0.2) is 82.7 Å². The first-order valence-electron chi connectivity index (χ1n) is 23.6. The van der Waals surface area contributed by atoms with Crippen molar-refractivity contribution in [3.8, 4) is 16.2 Å². The number of hydrogen-bond acceptors (Lipinski definition) is 12. The second-order valence-corrected chi connectivity index (χ2v) is 24.8. The molecule has 2 N–H and O–H groups in total. The van der Waals surface area contributed by atoms with Gasteiger partial charge in [0, 0.05) is 35.0 Å². The van der Waals surface area contributed by atoms with Gasteiger partial charge in [-0.05, 0) is 145 Å². The summed E-state index contributed by atoms with van der Waals surface area (Å²) in [7, 11) is -4.36. The Hall–Kier alpha value is -5.62. The van der Waals surface area contributed by atoms with E-state index in [1.807, 2.05) is 83.1 Å². The van der Waals surface area contributed by atoms with Gasteiger partial charge in [-0.15, -0.1) is 11.3 Å². The van der Waals surface area contributed by atoms with Crippen molar-refractivity contribution in [1.29, 1.82) is 0 Å². The molecule has 2 aliphatic rings. The van der Waals surface area contributed by atoms with Crippen molar-refractivity contribution >= 4 is 51.1 Å². The highest BCUT2D eigenvalue weighted by molar-refractivity contribution is 7.89. The summed E-state index contributed by atoms with van der Waals surface area (Å²) in [5, 5.41) is 11.9. The molecule has 2 atom stereocenters. The lowest BCUT2D eigenvalue weighted by atomic mass is 9.76. The van der Waals surface area contributed by atoms with E-state index in [1.54, 1.807) is 46.0 Å². The molecule has 1 aliphatic heterocycles. The van der Waals surface area contributed by atoms with Gasteiger partial charge in [0.2, 0.25) is 15.9 Å². The fraction of sp³-hybridized carbons (Fsp3) is 0.491. The third kappa shape index (κ3) is 13.0. The zero-order valence-corrected chi connectivity index (χ0v) is 44.0. The Kier molecular flexibility index (Phi) is 15.8. The third-order valence-corrected chi connectivity index (χ3v) is 15.1. The second kappa shape index (κ2) is 20.6. The Balaban J connectivity index is 1.29. The van der Waals surface area contributed by atoms with Crippen molar-refractivity contribution in [3.63, 3.8) is 0 Å². The lowest BCUT2D eigenvalue weighted by Crippen LogP contribution is -2.52. The summed E-state index contributed by atoms with van der Waals surface area (Å²) in [6, 6.07) is 18.1. The van der Waals surface area contributed by atoms with Crippen molar-refractivity contribution in [2.75, 3.05) is 13.1 Å². The van der Waals surface area contributed by atoms with E-state index in [1.165, 1.54) is 14.1 Å². The molecule has 1 saturated heterocycles. The average molecular weight is 1000 g/mol. The van der Waals surface area contributed by atoms with Crippen LogP contribution in [0.1, 0.15) is 127 Å². The van der Waals surface area contributed by atoms with Crippen LogP contribution < -0.4 is 10.5 Å². The summed E-state index contributed by atoms with van der Waals surface area (Å²) < 4.78 is 55.4. The SMILES string of the molecule is CC(C)CN(C[C@H]1OC(C)(C)N(C(=O)OC(C)(C)C)[C@H]1Cc1ccc(OCc2ccccc2-c2sc3c(c2C(=O)OC(C)(C)C)CC(C)(C)CC3)cc1)S(=O)(=O)c1ccc([N+](=O)[O-])c(/C=C/C(N)=O)c1. The van der Waals surface area contributed by atoms with Gasteiger partial charge in [0.1, 0.15) is 29.3 Å². The first-order valence-corrected chi connectivity index (χ1v) is 25.8. The van der Waals surface area contributed by atoms with Crippen molar-refractivity contribution in [3.05, 3.63) is 116 Å². The van der Waals surface area contributed by atoms with Crippen LogP contribution in [-0.2, 0) is 54.9 Å². The second-order valence-electron chi connectivity index (χ2n) is 21.8. The lowest BCUT2D eigenvalue weighted by molar-refractivity contribution is -0.385. The summed E-state index contributed by atoms with van der Waals surface area (Å²) in [5.74, 6) is -0.756. The monoisotopic (exact) mass is 1000 g/mol. The zero-order valence-electron chi connectivity index (χ0n) is 42.4. The predicted octanol–water partition coefficient (Wildman–Crippen LogP) is 10.5. The zero-order chi connectivity index (χ0) is 51.7. The molecule has 0 unspecified atom stereocenters. The summed E-state index contributed by atoms with van der Waals surface area (Å²) in [5.41, 5.74) is 6.38. The molecule has 1 aliphatic carbocycles. The van der Waals surface area contributed by atoms with E-state index < -0.39 is 61.7 Å².